The molecule has 7 nitrogen and oxygen atoms in total. The number of hydrogen-bond acceptors (Lipinski definition) is 5. The van der Waals surface area contributed by atoms with E-state index in [0.717, 1.165) is 33.6 Å². The van der Waals surface area contributed by atoms with E-state index < -0.39 is 0 Å². The molecule has 34 heavy (non-hydrogen) atoms. The highest BCUT2D eigenvalue weighted by atomic mass is 35.5. The summed E-state index contributed by atoms with van der Waals surface area (Å²) in [6, 6.07) is 20.0. The monoisotopic (exact) mass is 473 g/mol. The van der Waals surface area contributed by atoms with E-state index in [0.29, 0.717) is 23.1 Å². The summed E-state index contributed by atoms with van der Waals surface area (Å²) in [7, 11) is 3.28. The van der Waals surface area contributed by atoms with Gasteiger partial charge in [-0.05, 0) is 52.7 Å². The summed E-state index contributed by atoms with van der Waals surface area (Å²) in [6.45, 7) is 2.61. The molecule has 1 atom stereocenters. The van der Waals surface area contributed by atoms with Crippen molar-refractivity contribution in [2.45, 2.75) is 19.4 Å². The van der Waals surface area contributed by atoms with Crippen molar-refractivity contribution in [1.29, 1.82) is 0 Å². The van der Waals surface area contributed by atoms with Gasteiger partial charge in [0.15, 0.2) is 5.82 Å². The van der Waals surface area contributed by atoms with Crippen molar-refractivity contribution in [2.24, 2.45) is 0 Å². The van der Waals surface area contributed by atoms with Crippen molar-refractivity contribution >= 4 is 22.4 Å². The van der Waals surface area contributed by atoms with Crippen LogP contribution >= 0.6 is 11.6 Å². The van der Waals surface area contributed by atoms with E-state index >= 15 is 0 Å². The molecule has 5 aromatic rings. The lowest BCUT2D eigenvalue weighted by molar-refractivity contribution is 0.415. The Bertz CT molecular complexity index is 1450. The van der Waals surface area contributed by atoms with E-state index in [1.54, 1.807) is 25.1 Å². The van der Waals surface area contributed by atoms with E-state index in [9.17, 15) is 0 Å². The fourth-order valence-electron chi connectivity index (χ4n) is 4.02. The minimum absolute atomic E-state index is 0.0220. The quantitative estimate of drug-likeness (QED) is 0.313. The fraction of sp³-hybridized carbons (Fsp3) is 0.192. The molecule has 0 saturated heterocycles. The van der Waals surface area contributed by atoms with Crippen LogP contribution in [0.1, 0.15) is 30.1 Å². The van der Waals surface area contributed by atoms with Gasteiger partial charge < -0.3 is 9.47 Å². The summed E-state index contributed by atoms with van der Waals surface area (Å²) in [5, 5.41) is 11.9. The van der Waals surface area contributed by atoms with Crippen LogP contribution in [0.3, 0.4) is 0 Å². The van der Waals surface area contributed by atoms with Gasteiger partial charge in [0, 0.05) is 18.3 Å². The third-order valence-corrected chi connectivity index (χ3v) is 6.17. The predicted molar refractivity (Wildman–Crippen MR) is 132 cm³/mol. The Hall–Kier alpha value is -3.84. The molecule has 0 saturated carbocycles. The van der Waals surface area contributed by atoms with Gasteiger partial charge in [0.25, 0.3) is 0 Å². The molecular formula is C26H24ClN5O2. The van der Waals surface area contributed by atoms with Crippen LogP contribution in [0.25, 0.3) is 16.5 Å². The van der Waals surface area contributed by atoms with Crippen LogP contribution in [0.4, 0.5) is 0 Å². The van der Waals surface area contributed by atoms with Gasteiger partial charge in [-0.1, -0.05) is 42.8 Å². The highest BCUT2D eigenvalue weighted by Gasteiger charge is 2.21. The molecule has 0 fully saturated rings. The second-order valence-corrected chi connectivity index (χ2v) is 8.42. The second kappa shape index (κ2) is 9.19. The second-order valence-electron chi connectivity index (χ2n) is 8.01. The molecule has 0 aliphatic rings. The first-order valence-corrected chi connectivity index (χ1v) is 11.3. The molecule has 0 N–H and O–H groups in total. The molecule has 0 radical (unpaired) electrons. The van der Waals surface area contributed by atoms with Crippen LogP contribution in [0.15, 0.2) is 73.1 Å². The molecule has 5 rings (SSSR count). The Balaban J connectivity index is 1.57. The number of nitrogens with zero attached hydrogens (tertiary/aromatic N) is 5. The lowest BCUT2D eigenvalue weighted by Crippen LogP contribution is -2.08. The van der Waals surface area contributed by atoms with Gasteiger partial charge in [0.2, 0.25) is 0 Å². The van der Waals surface area contributed by atoms with Gasteiger partial charge in [0.05, 0.1) is 24.9 Å². The molecule has 8 heteroatoms. The fourth-order valence-corrected chi connectivity index (χ4v) is 4.27. The molecule has 2 heterocycles. The van der Waals surface area contributed by atoms with Gasteiger partial charge in [0.1, 0.15) is 23.9 Å². The highest BCUT2D eigenvalue weighted by molar-refractivity contribution is 6.32. The summed E-state index contributed by atoms with van der Waals surface area (Å²) in [5.41, 5.74) is 1.95. The van der Waals surface area contributed by atoms with E-state index in [2.05, 4.69) is 36.3 Å². The topological polar surface area (TPSA) is 67.0 Å². The Morgan fingerprint density at radius 2 is 1.79 bits per heavy atom. The largest absolute Gasteiger partial charge is 0.497 e. The predicted octanol–water partition coefficient (Wildman–Crippen LogP) is 5.49. The number of ether oxygens (including phenoxy) is 2. The highest BCUT2D eigenvalue weighted by Crippen LogP contribution is 2.31. The lowest BCUT2D eigenvalue weighted by atomic mass is 9.97. The number of halogens is 1. The zero-order chi connectivity index (χ0) is 23.7. The summed E-state index contributed by atoms with van der Waals surface area (Å²) in [5.74, 6) is 2.92. The molecule has 0 aliphatic carbocycles. The van der Waals surface area contributed by atoms with E-state index in [1.807, 2.05) is 47.3 Å². The molecular weight excluding hydrogens is 450 g/mol. The zero-order valence-corrected chi connectivity index (χ0v) is 19.9. The van der Waals surface area contributed by atoms with E-state index in [4.69, 9.17) is 31.2 Å². The van der Waals surface area contributed by atoms with Crippen molar-refractivity contribution in [2.75, 3.05) is 14.2 Å². The average Bonchev–Trinajstić information content (AvgIpc) is 3.53. The van der Waals surface area contributed by atoms with E-state index in [-0.39, 0.29) is 5.92 Å². The van der Waals surface area contributed by atoms with Crippen LogP contribution in [0.5, 0.6) is 11.5 Å². The van der Waals surface area contributed by atoms with Crippen molar-refractivity contribution in [3.63, 3.8) is 0 Å². The molecule has 0 bridgehead atoms. The van der Waals surface area contributed by atoms with Crippen molar-refractivity contribution < 1.29 is 9.47 Å². The van der Waals surface area contributed by atoms with Crippen LogP contribution in [-0.2, 0) is 6.54 Å². The number of methoxy groups -OCH3 is 2. The Morgan fingerprint density at radius 3 is 2.53 bits per heavy atom. The van der Waals surface area contributed by atoms with Crippen LogP contribution < -0.4 is 9.47 Å². The first-order valence-electron chi connectivity index (χ1n) is 10.9. The molecule has 0 spiro atoms. The Labute approximate surface area is 202 Å². The van der Waals surface area contributed by atoms with Gasteiger partial charge in [-0.25, -0.2) is 9.67 Å². The standard InChI is InChI=1S/C26H24ClN5O2/c1-17(18-5-6-20-14-22(33-2)9-7-19(20)13-18)26-29-25(16-31-12-4-11-28-31)30-32(26)21-8-10-24(34-3)23(27)15-21/h4-15,17H,16H2,1-3H3/t17-/m0/s1. The summed E-state index contributed by atoms with van der Waals surface area (Å²) in [4.78, 5) is 4.91. The maximum Gasteiger partial charge on any atom is 0.172 e. The van der Waals surface area contributed by atoms with Gasteiger partial charge in [-0.3, -0.25) is 4.68 Å². The first kappa shape index (κ1) is 22.0. The number of hydrogen-bond donors (Lipinski definition) is 0. The molecule has 0 unspecified atom stereocenters. The minimum Gasteiger partial charge on any atom is -0.497 e. The zero-order valence-electron chi connectivity index (χ0n) is 19.1. The smallest absolute Gasteiger partial charge is 0.172 e. The van der Waals surface area contributed by atoms with Crippen LogP contribution in [-0.4, -0.2) is 38.8 Å². The summed E-state index contributed by atoms with van der Waals surface area (Å²) in [6.07, 6.45) is 3.64. The minimum atomic E-state index is -0.0220. The number of aromatic nitrogens is 5. The number of rotatable bonds is 7. The summed E-state index contributed by atoms with van der Waals surface area (Å²) >= 11 is 6.43. The van der Waals surface area contributed by atoms with Crippen molar-refractivity contribution in [3.05, 3.63) is 95.3 Å². The average molecular weight is 474 g/mol. The Morgan fingerprint density at radius 1 is 0.971 bits per heavy atom. The molecule has 2 aromatic heterocycles. The maximum absolute atomic E-state index is 6.43. The van der Waals surface area contributed by atoms with Gasteiger partial charge >= 0.3 is 0 Å². The normalized spacial score (nSPS) is 12.1. The third-order valence-electron chi connectivity index (χ3n) is 5.88. The van der Waals surface area contributed by atoms with Gasteiger partial charge in [-0.2, -0.15) is 5.10 Å². The molecule has 0 amide bonds. The third kappa shape index (κ3) is 4.22. The van der Waals surface area contributed by atoms with Crippen LogP contribution in [0, 0.1) is 0 Å². The first-order chi connectivity index (χ1) is 16.6. The van der Waals surface area contributed by atoms with E-state index in [1.165, 1.54) is 0 Å². The Kier molecular flexibility index (Phi) is 5.94. The molecule has 0 aliphatic heterocycles. The number of fused-ring (bicyclic) bond motifs is 1. The van der Waals surface area contributed by atoms with Crippen molar-refractivity contribution in [1.82, 2.24) is 24.5 Å². The summed E-state index contributed by atoms with van der Waals surface area (Å²) < 4.78 is 14.3. The van der Waals surface area contributed by atoms with Crippen LogP contribution in [0.2, 0.25) is 5.02 Å². The molecule has 172 valence electrons. The SMILES string of the molecule is COc1ccc2cc([C@H](C)c3nc(Cn4cccn4)nn3-c3ccc(OC)c(Cl)c3)ccc2c1. The maximum atomic E-state index is 6.43. The molecule has 3 aromatic carbocycles. The number of benzene rings is 3. The lowest BCUT2D eigenvalue weighted by Gasteiger charge is -2.15. The van der Waals surface area contributed by atoms with Crippen molar-refractivity contribution in [3.8, 4) is 17.2 Å². The van der Waals surface area contributed by atoms with Gasteiger partial charge in [-0.15, -0.1) is 5.10 Å².